The van der Waals surface area contributed by atoms with E-state index in [2.05, 4.69) is 4.98 Å². The highest BCUT2D eigenvalue weighted by Gasteiger charge is 2.47. The molecule has 2 aromatic rings. The van der Waals surface area contributed by atoms with Gasteiger partial charge in [0.05, 0.1) is 0 Å². The normalized spacial score (nSPS) is 24.0. The number of esters is 3. The molecule has 29 heavy (non-hydrogen) atoms. The van der Waals surface area contributed by atoms with Gasteiger partial charge in [-0.25, -0.2) is 4.98 Å². The molecule has 9 nitrogen and oxygen atoms in total. The summed E-state index contributed by atoms with van der Waals surface area (Å²) in [6.07, 6.45) is -2.75. The van der Waals surface area contributed by atoms with Crippen molar-refractivity contribution in [2.45, 2.75) is 51.4 Å². The van der Waals surface area contributed by atoms with Crippen LogP contribution in [0.5, 0.6) is 5.75 Å². The predicted octanol–water partition coefficient (Wildman–Crippen LogP) is 2.38. The van der Waals surface area contributed by atoms with Crippen LogP contribution >= 0.6 is 11.8 Å². The lowest BCUT2D eigenvalue weighted by atomic mass is 10.1. The van der Waals surface area contributed by atoms with Crippen molar-refractivity contribution >= 4 is 40.8 Å². The zero-order chi connectivity index (χ0) is 21.1. The number of hydrogen-bond donors (Lipinski definition) is 0. The summed E-state index contributed by atoms with van der Waals surface area (Å²) in [6, 6.07) is 5.14. The fraction of sp³-hybridized carbons (Fsp3) is 0.474. The number of aryl methyl sites for hydroxylation is 1. The second-order valence-corrected chi connectivity index (χ2v) is 7.61. The molecule has 0 aliphatic carbocycles. The van der Waals surface area contributed by atoms with Crippen LogP contribution in [0, 0.1) is 6.92 Å². The van der Waals surface area contributed by atoms with Crippen molar-refractivity contribution in [1.82, 2.24) is 4.98 Å². The molecule has 0 spiro atoms. The Bertz CT molecular complexity index is 926. The number of aromatic nitrogens is 1. The molecule has 0 amide bonds. The standard InChI is InChI=1S/C19H21NO8S/c1-9-20-14-7-13(5-6-15(14)24-9)28-19-18(27-12(4)23)17(26-11(3)22)16(8-29-19)25-10(2)21/h5-7,16-19H,8H2,1-4H3/t16-,17+,18-,19-/m1/s1. The van der Waals surface area contributed by atoms with Crippen LogP contribution in [0.4, 0.5) is 0 Å². The first-order valence-electron chi connectivity index (χ1n) is 8.90. The van der Waals surface area contributed by atoms with Gasteiger partial charge >= 0.3 is 17.9 Å². The summed E-state index contributed by atoms with van der Waals surface area (Å²) < 4.78 is 27.5. The molecular formula is C19H21NO8S. The van der Waals surface area contributed by atoms with Gasteiger partial charge in [-0.05, 0) is 12.1 Å². The summed E-state index contributed by atoms with van der Waals surface area (Å²) in [4.78, 5) is 39.0. The molecule has 1 aromatic heterocycles. The maximum atomic E-state index is 11.7. The number of thioether (sulfide) groups is 1. The van der Waals surface area contributed by atoms with Gasteiger partial charge in [-0.1, -0.05) is 0 Å². The minimum Gasteiger partial charge on any atom is -0.476 e. The summed E-state index contributed by atoms with van der Waals surface area (Å²) >= 11 is 1.29. The molecule has 0 radical (unpaired) electrons. The number of ether oxygens (including phenoxy) is 4. The van der Waals surface area contributed by atoms with E-state index in [0.717, 1.165) is 0 Å². The van der Waals surface area contributed by atoms with E-state index in [1.54, 1.807) is 25.1 Å². The topological polar surface area (TPSA) is 114 Å². The third-order valence-electron chi connectivity index (χ3n) is 4.02. The molecule has 0 bridgehead atoms. The Morgan fingerprint density at radius 2 is 1.69 bits per heavy atom. The van der Waals surface area contributed by atoms with Gasteiger partial charge in [0.15, 0.2) is 35.2 Å². The van der Waals surface area contributed by atoms with Gasteiger partial charge in [0.2, 0.25) is 0 Å². The van der Waals surface area contributed by atoms with Crippen LogP contribution in [0.1, 0.15) is 26.7 Å². The van der Waals surface area contributed by atoms with E-state index in [1.807, 2.05) is 0 Å². The Morgan fingerprint density at radius 3 is 2.34 bits per heavy atom. The Kier molecular flexibility index (Phi) is 6.31. The predicted molar refractivity (Wildman–Crippen MR) is 102 cm³/mol. The Hall–Kier alpha value is -2.75. The molecule has 2 heterocycles. The summed E-state index contributed by atoms with van der Waals surface area (Å²) in [6.45, 7) is 5.47. The van der Waals surface area contributed by atoms with E-state index in [-0.39, 0.29) is 0 Å². The van der Waals surface area contributed by atoms with Crippen LogP contribution in [0.25, 0.3) is 11.1 Å². The molecule has 156 valence electrons. The molecule has 1 fully saturated rings. The van der Waals surface area contributed by atoms with Crippen LogP contribution in [-0.4, -0.2) is 52.4 Å². The van der Waals surface area contributed by atoms with Crippen LogP contribution in [-0.2, 0) is 28.6 Å². The fourth-order valence-corrected chi connectivity index (χ4v) is 4.26. The third kappa shape index (κ3) is 5.20. The number of hydrogen-bond acceptors (Lipinski definition) is 10. The molecule has 1 aromatic carbocycles. The van der Waals surface area contributed by atoms with Gasteiger partial charge in [0.25, 0.3) is 0 Å². The zero-order valence-electron chi connectivity index (χ0n) is 16.4. The molecule has 4 atom stereocenters. The number of carbonyl (C=O) groups is 3. The monoisotopic (exact) mass is 423 g/mol. The lowest BCUT2D eigenvalue weighted by molar-refractivity contribution is -0.186. The molecule has 0 saturated carbocycles. The maximum Gasteiger partial charge on any atom is 0.303 e. The van der Waals surface area contributed by atoms with Crippen LogP contribution in [0.2, 0.25) is 0 Å². The molecule has 1 aliphatic rings. The lowest BCUT2D eigenvalue weighted by Gasteiger charge is -2.39. The Labute approximate surface area is 171 Å². The number of nitrogens with zero attached hydrogens (tertiary/aromatic N) is 1. The van der Waals surface area contributed by atoms with Crippen molar-refractivity contribution in [1.29, 1.82) is 0 Å². The van der Waals surface area contributed by atoms with Crippen molar-refractivity contribution in [3.63, 3.8) is 0 Å². The number of benzene rings is 1. The van der Waals surface area contributed by atoms with Gasteiger partial charge < -0.3 is 23.4 Å². The summed E-state index contributed by atoms with van der Waals surface area (Å²) in [5.41, 5.74) is 0.551. The largest absolute Gasteiger partial charge is 0.476 e. The number of rotatable bonds is 5. The molecule has 0 N–H and O–H groups in total. The van der Waals surface area contributed by atoms with Crippen LogP contribution in [0.15, 0.2) is 22.6 Å². The van der Waals surface area contributed by atoms with E-state index >= 15 is 0 Å². The van der Waals surface area contributed by atoms with Crippen molar-refractivity contribution in [2.75, 3.05) is 5.75 Å². The molecule has 1 aliphatic heterocycles. The molecule has 1 saturated heterocycles. The molecule has 3 rings (SSSR count). The van der Waals surface area contributed by atoms with Crippen molar-refractivity contribution < 1.29 is 37.7 Å². The fourth-order valence-electron chi connectivity index (χ4n) is 3.04. The summed E-state index contributed by atoms with van der Waals surface area (Å²) in [7, 11) is 0. The smallest absolute Gasteiger partial charge is 0.303 e. The van der Waals surface area contributed by atoms with Gasteiger partial charge in [0.1, 0.15) is 11.3 Å². The lowest BCUT2D eigenvalue weighted by Crippen LogP contribution is -2.55. The first-order valence-corrected chi connectivity index (χ1v) is 9.95. The average molecular weight is 423 g/mol. The van der Waals surface area contributed by atoms with E-state index in [9.17, 15) is 14.4 Å². The highest BCUT2D eigenvalue weighted by atomic mass is 32.2. The first-order chi connectivity index (χ1) is 13.7. The van der Waals surface area contributed by atoms with Crippen LogP contribution < -0.4 is 4.74 Å². The van der Waals surface area contributed by atoms with E-state index in [0.29, 0.717) is 28.5 Å². The Morgan fingerprint density at radius 1 is 1.03 bits per heavy atom. The number of fused-ring (bicyclic) bond motifs is 1. The SMILES string of the molecule is CC(=O)O[C@@H]1[C@@H](OC(C)=O)[C@H](OC(C)=O)CS[C@H]1Oc1ccc2oc(C)nc2c1. The van der Waals surface area contributed by atoms with Gasteiger partial charge in [0, 0.05) is 39.5 Å². The molecule has 10 heteroatoms. The first kappa shape index (κ1) is 21.0. The third-order valence-corrected chi connectivity index (χ3v) is 5.24. The van der Waals surface area contributed by atoms with Crippen molar-refractivity contribution in [2.24, 2.45) is 0 Å². The second kappa shape index (κ2) is 8.73. The highest BCUT2D eigenvalue weighted by Crippen LogP contribution is 2.35. The van der Waals surface area contributed by atoms with Crippen molar-refractivity contribution in [3.05, 3.63) is 24.1 Å². The molecular weight excluding hydrogens is 402 g/mol. The van der Waals surface area contributed by atoms with E-state index in [1.165, 1.54) is 32.5 Å². The minimum absolute atomic E-state index is 0.297. The average Bonchev–Trinajstić information content (AvgIpc) is 2.98. The van der Waals surface area contributed by atoms with E-state index < -0.39 is 41.7 Å². The van der Waals surface area contributed by atoms with Gasteiger partial charge in [-0.15, -0.1) is 11.8 Å². The Balaban J connectivity index is 1.87. The van der Waals surface area contributed by atoms with Crippen molar-refractivity contribution in [3.8, 4) is 5.75 Å². The molecule has 0 unspecified atom stereocenters. The van der Waals surface area contributed by atoms with Crippen LogP contribution in [0.3, 0.4) is 0 Å². The quantitative estimate of drug-likeness (QED) is 0.524. The maximum absolute atomic E-state index is 11.7. The number of carbonyl (C=O) groups excluding carboxylic acids is 3. The van der Waals surface area contributed by atoms with Gasteiger partial charge in [-0.2, -0.15) is 0 Å². The van der Waals surface area contributed by atoms with E-state index in [4.69, 9.17) is 23.4 Å². The zero-order valence-corrected chi connectivity index (χ0v) is 17.2. The minimum atomic E-state index is -0.996. The summed E-state index contributed by atoms with van der Waals surface area (Å²) in [5.74, 6) is -0.387. The summed E-state index contributed by atoms with van der Waals surface area (Å²) in [5, 5.41) is 0. The van der Waals surface area contributed by atoms with Gasteiger partial charge in [-0.3, -0.25) is 14.4 Å². The highest BCUT2D eigenvalue weighted by molar-refractivity contribution is 7.99. The number of oxazole rings is 1. The second-order valence-electron chi connectivity index (χ2n) is 6.48.